The predicted molar refractivity (Wildman–Crippen MR) is 82.1 cm³/mol. The van der Waals surface area contributed by atoms with Gasteiger partial charge >= 0.3 is 0 Å². The minimum atomic E-state index is -0.210. The third-order valence-electron chi connectivity index (χ3n) is 3.36. The highest BCUT2D eigenvalue weighted by molar-refractivity contribution is 7.19. The van der Waals surface area contributed by atoms with E-state index in [2.05, 4.69) is 42.7 Å². The Morgan fingerprint density at radius 1 is 1.10 bits per heavy atom. The maximum Gasteiger partial charge on any atom is 0.124 e. The van der Waals surface area contributed by atoms with Gasteiger partial charge in [0.25, 0.3) is 0 Å². The molecular formula is C16H15FN2S. The Morgan fingerprint density at radius 3 is 2.55 bits per heavy atom. The van der Waals surface area contributed by atoms with Crippen molar-refractivity contribution in [3.63, 3.8) is 0 Å². The van der Waals surface area contributed by atoms with Crippen LogP contribution in [0.4, 0.5) is 4.39 Å². The number of benzene rings is 2. The van der Waals surface area contributed by atoms with E-state index in [1.54, 1.807) is 23.5 Å². The molecule has 2 aromatic carbocycles. The van der Waals surface area contributed by atoms with Crippen molar-refractivity contribution in [2.45, 2.75) is 13.0 Å². The van der Waals surface area contributed by atoms with E-state index >= 15 is 0 Å². The first-order valence-electron chi connectivity index (χ1n) is 6.39. The van der Waals surface area contributed by atoms with Crippen molar-refractivity contribution in [2.24, 2.45) is 5.84 Å². The van der Waals surface area contributed by atoms with Crippen molar-refractivity contribution >= 4 is 21.4 Å². The zero-order valence-electron chi connectivity index (χ0n) is 11.1. The molecule has 3 rings (SSSR count). The molecule has 0 aliphatic rings. The fourth-order valence-electron chi connectivity index (χ4n) is 2.27. The standard InChI is InChI=1S/C16H15FN2S/c1-10-2-4-11(5-3-10)16(19-18)15-8-12-6-7-13(17)9-14(12)20-15/h2-9,16,19H,18H2,1H3. The summed E-state index contributed by atoms with van der Waals surface area (Å²) >= 11 is 1.56. The fourth-order valence-corrected chi connectivity index (χ4v) is 3.45. The molecule has 0 saturated heterocycles. The normalized spacial score (nSPS) is 12.8. The molecule has 1 aromatic heterocycles. The molecule has 1 heterocycles. The van der Waals surface area contributed by atoms with Crippen LogP contribution in [0.5, 0.6) is 0 Å². The summed E-state index contributed by atoms with van der Waals surface area (Å²) in [6.45, 7) is 2.05. The average Bonchev–Trinajstić information content (AvgIpc) is 2.84. The van der Waals surface area contributed by atoms with Gasteiger partial charge in [0, 0.05) is 9.58 Å². The summed E-state index contributed by atoms with van der Waals surface area (Å²) in [4.78, 5) is 1.08. The molecule has 0 aliphatic heterocycles. The molecule has 0 fully saturated rings. The molecule has 0 radical (unpaired) electrons. The van der Waals surface area contributed by atoms with Crippen molar-refractivity contribution in [3.8, 4) is 0 Å². The maximum atomic E-state index is 13.3. The molecule has 0 spiro atoms. The molecule has 2 nitrogen and oxygen atoms in total. The van der Waals surface area contributed by atoms with Gasteiger partial charge in [-0.3, -0.25) is 5.84 Å². The number of thiophene rings is 1. The van der Waals surface area contributed by atoms with Crippen LogP contribution in [-0.4, -0.2) is 0 Å². The SMILES string of the molecule is Cc1ccc(C(NN)c2cc3ccc(F)cc3s2)cc1. The first kappa shape index (κ1) is 13.2. The van der Waals surface area contributed by atoms with Crippen LogP contribution in [0.1, 0.15) is 22.0 Å². The number of fused-ring (bicyclic) bond motifs is 1. The van der Waals surface area contributed by atoms with Gasteiger partial charge in [0.1, 0.15) is 5.82 Å². The Bertz CT molecular complexity index is 734. The van der Waals surface area contributed by atoms with Gasteiger partial charge in [0.05, 0.1) is 6.04 Å². The van der Waals surface area contributed by atoms with E-state index in [-0.39, 0.29) is 11.9 Å². The van der Waals surface area contributed by atoms with Gasteiger partial charge < -0.3 is 0 Å². The van der Waals surface area contributed by atoms with E-state index in [1.165, 1.54) is 11.6 Å². The van der Waals surface area contributed by atoms with Gasteiger partial charge in [0.2, 0.25) is 0 Å². The van der Waals surface area contributed by atoms with Crippen LogP contribution in [0.2, 0.25) is 0 Å². The number of nitrogens with two attached hydrogens (primary N) is 1. The first-order valence-corrected chi connectivity index (χ1v) is 7.21. The molecule has 102 valence electrons. The van der Waals surface area contributed by atoms with Crippen LogP contribution in [0.25, 0.3) is 10.1 Å². The third kappa shape index (κ3) is 2.45. The number of hydrogen-bond acceptors (Lipinski definition) is 3. The molecule has 0 amide bonds. The zero-order chi connectivity index (χ0) is 14.1. The lowest BCUT2D eigenvalue weighted by atomic mass is 10.0. The average molecular weight is 286 g/mol. The van der Waals surface area contributed by atoms with Gasteiger partial charge in [-0.05, 0) is 36.1 Å². The highest BCUT2D eigenvalue weighted by Gasteiger charge is 2.15. The minimum absolute atomic E-state index is 0.0731. The Morgan fingerprint density at radius 2 is 1.85 bits per heavy atom. The summed E-state index contributed by atoms with van der Waals surface area (Å²) in [5.74, 6) is 5.50. The summed E-state index contributed by atoms with van der Waals surface area (Å²) in [7, 11) is 0. The molecule has 20 heavy (non-hydrogen) atoms. The van der Waals surface area contributed by atoms with E-state index in [0.29, 0.717) is 0 Å². The molecule has 3 N–H and O–H groups in total. The van der Waals surface area contributed by atoms with E-state index in [1.807, 2.05) is 0 Å². The quantitative estimate of drug-likeness (QED) is 0.566. The highest BCUT2D eigenvalue weighted by atomic mass is 32.1. The first-order chi connectivity index (χ1) is 9.67. The lowest BCUT2D eigenvalue weighted by Crippen LogP contribution is -2.28. The van der Waals surface area contributed by atoms with Crippen molar-refractivity contribution in [2.75, 3.05) is 0 Å². The Kier molecular flexibility index (Phi) is 3.53. The third-order valence-corrected chi connectivity index (χ3v) is 4.53. The fraction of sp³-hybridized carbons (Fsp3) is 0.125. The number of nitrogens with one attached hydrogen (secondary N) is 1. The lowest BCUT2D eigenvalue weighted by Gasteiger charge is -2.14. The van der Waals surface area contributed by atoms with Crippen LogP contribution < -0.4 is 11.3 Å². The second-order valence-corrected chi connectivity index (χ2v) is 5.96. The molecule has 0 bridgehead atoms. The number of hydrazine groups is 1. The van der Waals surface area contributed by atoms with E-state index in [0.717, 1.165) is 20.5 Å². The monoisotopic (exact) mass is 286 g/mol. The van der Waals surface area contributed by atoms with E-state index in [9.17, 15) is 4.39 Å². The number of halogens is 1. The van der Waals surface area contributed by atoms with E-state index < -0.39 is 0 Å². The molecular weight excluding hydrogens is 271 g/mol. The molecule has 0 saturated carbocycles. The van der Waals surface area contributed by atoms with Gasteiger partial charge in [-0.2, -0.15) is 0 Å². The number of rotatable bonds is 3. The summed E-state index contributed by atoms with van der Waals surface area (Å²) in [6, 6.07) is 15.1. The van der Waals surface area contributed by atoms with Crippen molar-refractivity contribution < 1.29 is 4.39 Å². The van der Waals surface area contributed by atoms with Crippen LogP contribution in [0.15, 0.2) is 48.5 Å². The van der Waals surface area contributed by atoms with Crippen molar-refractivity contribution in [1.82, 2.24) is 5.43 Å². The summed E-state index contributed by atoms with van der Waals surface area (Å²) < 4.78 is 14.2. The van der Waals surface area contributed by atoms with Crippen LogP contribution in [0, 0.1) is 12.7 Å². The van der Waals surface area contributed by atoms with Crippen LogP contribution in [-0.2, 0) is 0 Å². The molecule has 4 heteroatoms. The largest absolute Gasteiger partial charge is 0.271 e. The summed E-state index contributed by atoms with van der Waals surface area (Å²) in [5.41, 5.74) is 5.16. The number of hydrogen-bond donors (Lipinski definition) is 2. The molecule has 3 aromatic rings. The number of aryl methyl sites for hydroxylation is 1. The lowest BCUT2D eigenvalue weighted by molar-refractivity contribution is 0.630. The molecule has 1 unspecified atom stereocenters. The second kappa shape index (κ2) is 5.32. The van der Waals surface area contributed by atoms with Crippen LogP contribution in [0.3, 0.4) is 0 Å². The minimum Gasteiger partial charge on any atom is -0.271 e. The molecule has 0 aliphatic carbocycles. The van der Waals surface area contributed by atoms with Crippen LogP contribution >= 0.6 is 11.3 Å². The van der Waals surface area contributed by atoms with Gasteiger partial charge in [0.15, 0.2) is 0 Å². The zero-order valence-corrected chi connectivity index (χ0v) is 11.9. The highest BCUT2D eigenvalue weighted by Crippen LogP contribution is 2.33. The van der Waals surface area contributed by atoms with Crippen molar-refractivity contribution in [1.29, 1.82) is 0 Å². The summed E-state index contributed by atoms with van der Waals surface area (Å²) in [5, 5.41) is 1.04. The Balaban J connectivity index is 2.04. The van der Waals surface area contributed by atoms with E-state index in [4.69, 9.17) is 5.84 Å². The second-order valence-electron chi connectivity index (χ2n) is 4.84. The Labute approximate surface area is 121 Å². The smallest absolute Gasteiger partial charge is 0.124 e. The van der Waals surface area contributed by atoms with Gasteiger partial charge in [-0.15, -0.1) is 11.3 Å². The summed E-state index contributed by atoms with van der Waals surface area (Å²) in [6.07, 6.45) is 0. The van der Waals surface area contributed by atoms with Crippen molar-refractivity contribution in [3.05, 3.63) is 70.4 Å². The van der Waals surface area contributed by atoms with Gasteiger partial charge in [-0.25, -0.2) is 9.82 Å². The maximum absolute atomic E-state index is 13.3. The predicted octanol–water partition coefficient (Wildman–Crippen LogP) is 3.90. The topological polar surface area (TPSA) is 38.0 Å². The molecule has 1 atom stereocenters. The Hall–Kier alpha value is -1.75. The van der Waals surface area contributed by atoms with Gasteiger partial charge in [-0.1, -0.05) is 35.9 Å².